The van der Waals surface area contributed by atoms with Crippen molar-refractivity contribution >= 4 is 40.2 Å². The van der Waals surface area contributed by atoms with Gasteiger partial charge in [0.25, 0.3) is 0 Å². The minimum atomic E-state index is -4.75. The van der Waals surface area contributed by atoms with Crippen LogP contribution >= 0.6 is 28.6 Å². The first-order valence-corrected chi connectivity index (χ1v) is 7.19. The Labute approximate surface area is 127 Å². The fraction of sp³-hybridized carbons (Fsp3) is 0.417. The van der Waals surface area contributed by atoms with Gasteiger partial charge in [-0.2, -0.15) is 12.6 Å². The Morgan fingerprint density at radius 2 is 2.15 bits per heavy atom. The number of alkyl halides is 3. The van der Waals surface area contributed by atoms with Gasteiger partial charge in [-0.25, -0.2) is 0 Å². The van der Waals surface area contributed by atoms with Crippen LogP contribution < -0.4 is 9.64 Å². The topological polar surface area (TPSA) is 29.5 Å². The molecule has 1 aliphatic heterocycles. The molecule has 1 amide bonds. The molecule has 110 valence electrons. The van der Waals surface area contributed by atoms with E-state index in [-0.39, 0.29) is 22.0 Å². The Kier molecular flexibility index (Phi) is 4.53. The monoisotopic (exact) mass is 369 g/mol. The van der Waals surface area contributed by atoms with E-state index in [1.54, 1.807) is 4.90 Å². The maximum Gasteiger partial charge on any atom is 0.573 e. The van der Waals surface area contributed by atoms with Crippen molar-refractivity contribution in [3.05, 3.63) is 22.7 Å². The van der Waals surface area contributed by atoms with E-state index < -0.39 is 6.36 Å². The summed E-state index contributed by atoms with van der Waals surface area (Å²) in [5, 5.41) is 0. The minimum Gasteiger partial charge on any atom is -0.405 e. The molecule has 0 N–H and O–H groups in total. The average molecular weight is 370 g/mol. The highest BCUT2D eigenvalue weighted by Gasteiger charge is 2.33. The summed E-state index contributed by atoms with van der Waals surface area (Å²) in [5.41, 5.74) is 0.542. The summed E-state index contributed by atoms with van der Waals surface area (Å²) in [7, 11) is 0. The molecule has 20 heavy (non-hydrogen) atoms. The second-order valence-corrected chi connectivity index (χ2v) is 5.64. The zero-order valence-electron chi connectivity index (χ0n) is 10.2. The largest absolute Gasteiger partial charge is 0.573 e. The third-order valence-corrected chi connectivity index (χ3v) is 4.05. The minimum absolute atomic E-state index is 0.0551. The number of thiol groups is 1. The van der Waals surface area contributed by atoms with Crippen LogP contribution in [0.2, 0.25) is 0 Å². The summed E-state index contributed by atoms with van der Waals surface area (Å²) in [5.74, 6) is 0.369. The van der Waals surface area contributed by atoms with Crippen molar-refractivity contribution in [3.63, 3.8) is 0 Å². The number of benzene rings is 1. The summed E-state index contributed by atoms with van der Waals surface area (Å²) in [6.45, 7) is 0.522. The van der Waals surface area contributed by atoms with Crippen molar-refractivity contribution in [1.29, 1.82) is 0 Å². The molecule has 0 bridgehead atoms. The molecule has 0 saturated carbocycles. The highest BCUT2D eigenvalue weighted by molar-refractivity contribution is 9.10. The number of nitrogens with zero attached hydrogens (tertiary/aromatic N) is 1. The Morgan fingerprint density at radius 1 is 1.45 bits per heavy atom. The van der Waals surface area contributed by atoms with Crippen LogP contribution in [-0.4, -0.2) is 24.6 Å². The van der Waals surface area contributed by atoms with Crippen LogP contribution in [0.1, 0.15) is 6.42 Å². The highest BCUT2D eigenvalue weighted by atomic mass is 79.9. The number of ether oxygens (including phenoxy) is 1. The Bertz CT molecular complexity index is 524. The van der Waals surface area contributed by atoms with Gasteiger partial charge < -0.3 is 9.64 Å². The first kappa shape index (κ1) is 15.5. The molecule has 0 aliphatic carbocycles. The second kappa shape index (κ2) is 5.85. The lowest BCUT2D eigenvalue weighted by Gasteiger charge is -2.18. The maximum atomic E-state index is 12.2. The van der Waals surface area contributed by atoms with Gasteiger partial charge in [0.2, 0.25) is 5.91 Å². The molecule has 0 radical (unpaired) electrons. The SMILES string of the molecule is O=C1CC(CS)CN1c1ccc(OC(F)(F)F)c(Br)c1. The van der Waals surface area contributed by atoms with Crippen molar-refractivity contribution < 1.29 is 22.7 Å². The van der Waals surface area contributed by atoms with Crippen LogP contribution in [0.15, 0.2) is 22.7 Å². The van der Waals surface area contributed by atoms with Gasteiger partial charge in [-0.15, -0.1) is 13.2 Å². The molecule has 1 aromatic rings. The number of carbonyl (C=O) groups excluding carboxylic acids is 1. The van der Waals surface area contributed by atoms with Crippen LogP contribution in [0.3, 0.4) is 0 Å². The summed E-state index contributed by atoms with van der Waals surface area (Å²) < 4.78 is 40.5. The molecule has 1 saturated heterocycles. The van der Waals surface area contributed by atoms with Crippen molar-refractivity contribution in [2.45, 2.75) is 12.8 Å². The van der Waals surface area contributed by atoms with Crippen LogP contribution in [0, 0.1) is 5.92 Å². The zero-order chi connectivity index (χ0) is 14.9. The van der Waals surface area contributed by atoms with Crippen LogP contribution in [0.25, 0.3) is 0 Å². The molecule has 1 heterocycles. The molecule has 0 aromatic heterocycles. The fourth-order valence-electron chi connectivity index (χ4n) is 2.02. The normalized spacial score (nSPS) is 19.6. The number of amides is 1. The molecule has 3 nitrogen and oxygen atoms in total. The lowest BCUT2D eigenvalue weighted by atomic mass is 10.1. The summed E-state index contributed by atoms with van der Waals surface area (Å²) in [6.07, 6.45) is -4.34. The molecule has 1 aliphatic rings. The predicted molar refractivity (Wildman–Crippen MR) is 75.1 cm³/mol. The van der Waals surface area contributed by atoms with Gasteiger partial charge in [0, 0.05) is 18.7 Å². The van der Waals surface area contributed by atoms with Crippen molar-refractivity contribution in [3.8, 4) is 5.75 Å². The van der Waals surface area contributed by atoms with E-state index in [1.165, 1.54) is 18.2 Å². The summed E-state index contributed by atoms with van der Waals surface area (Å²) in [4.78, 5) is 13.4. The summed E-state index contributed by atoms with van der Waals surface area (Å²) >= 11 is 7.18. The molecule has 0 spiro atoms. The van der Waals surface area contributed by atoms with E-state index in [0.29, 0.717) is 24.4 Å². The molecular weight excluding hydrogens is 359 g/mol. The van der Waals surface area contributed by atoms with E-state index >= 15 is 0 Å². The molecule has 1 fully saturated rings. The number of rotatable bonds is 3. The highest BCUT2D eigenvalue weighted by Crippen LogP contribution is 2.35. The van der Waals surface area contributed by atoms with E-state index in [9.17, 15) is 18.0 Å². The quantitative estimate of drug-likeness (QED) is 0.824. The van der Waals surface area contributed by atoms with E-state index in [1.807, 2.05) is 0 Å². The molecule has 8 heteroatoms. The van der Waals surface area contributed by atoms with Gasteiger partial charge in [0.1, 0.15) is 5.75 Å². The van der Waals surface area contributed by atoms with Crippen molar-refractivity contribution in [1.82, 2.24) is 0 Å². The number of halogens is 4. The third kappa shape index (κ3) is 3.60. The third-order valence-electron chi connectivity index (χ3n) is 2.92. The maximum absolute atomic E-state index is 12.2. The Balaban J connectivity index is 2.19. The molecular formula is C12H11BrF3NO2S. The lowest BCUT2D eigenvalue weighted by Crippen LogP contribution is -2.24. The molecule has 1 aromatic carbocycles. The number of anilines is 1. The molecule has 1 unspecified atom stereocenters. The first-order chi connectivity index (χ1) is 9.30. The van der Waals surface area contributed by atoms with Crippen LogP contribution in [0.5, 0.6) is 5.75 Å². The Morgan fingerprint density at radius 3 is 2.65 bits per heavy atom. The van der Waals surface area contributed by atoms with Crippen molar-refractivity contribution in [2.75, 3.05) is 17.2 Å². The zero-order valence-corrected chi connectivity index (χ0v) is 12.6. The predicted octanol–water partition coefficient (Wildman–Crippen LogP) is 3.63. The number of hydrogen-bond donors (Lipinski definition) is 1. The number of hydrogen-bond acceptors (Lipinski definition) is 3. The van der Waals surface area contributed by atoms with Gasteiger partial charge in [-0.05, 0) is 45.8 Å². The van der Waals surface area contributed by atoms with E-state index in [4.69, 9.17) is 0 Å². The van der Waals surface area contributed by atoms with Gasteiger partial charge >= 0.3 is 6.36 Å². The van der Waals surface area contributed by atoms with E-state index in [0.717, 1.165) is 0 Å². The summed E-state index contributed by atoms with van der Waals surface area (Å²) in [6, 6.07) is 4.07. The number of carbonyl (C=O) groups is 1. The van der Waals surface area contributed by atoms with Crippen LogP contribution in [-0.2, 0) is 4.79 Å². The van der Waals surface area contributed by atoms with E-state index in [2.05, 4.69) is 33.3 Å². The lowest BCUT2D eigenvalue weighted by molar-refractivity contribution is -0.274. The average Bonchev–Trinajstić information content (AvgIpc) is 2.72. The van der Waals surface area contributed by atoms with Gasteiger partial charge in [-0.1, -0.05) is 0 Å². The second-order valence-electron chi connectivity index (χ2n) is 4.42. The molecule has 2 rings (SSSR count). The first-order valence-electron chi connectivity index (χ1n) is 5.76. The fourth-order valence-corrected chi connectivity index (χ4v) is 2.71. The smallest absolute Gasteiger partial charge is 0.405 e. The molecule has 1 atom stereocenters. The van der Waals surface area contributed by atoms with Gasteiger partial charge in [0.05, 0.1) is 4.47 Å². The van der Waals surface area contributed by atoms with Gasteiger partial charge in [0.15, 0.2) is 0 Å². The standard InChI is InChI=1S/C12H11BrF3NO2S/c13-9-4-8(1-2-10(9)19-12(14,15)16)17-5-7(6-20)3-11(17)18/h1-2,4,7,20H,3,5-6H2. The Hall–Kier alpha value is -0.890. The van der Waals surface area contributed by atoms with Crippen LogP contribution in [0.4, 0.5) is 18.9 Å². The van der Waals surface area contributed by atoms with Gasteiger partial charge in [-0.3, -0.25) is 4.79 Å². The van der Waals surface area contributed by atoms with Crippen molar-refractivity contribution in [2.24, 2.45) is 5.92 Å².